The van der Waals surface area contributed by atoms with Gasteiger partial charge in [-0.1, -0.05) is 42.5 Å². The van der Waals surface area contributed by atoms with Gasteiger partial charge in [-0.2, -0.15) is 0 Å². The smallest absolute Gasteiger partial charge is 0.270 e. The second-order valence-electron chi connectivity index (χ2n) is 6.10. The fourth-order valence-electron chi connectivity index (χ4n) is 2.71. The molecule has 0 atom stereocenters. The number of hydrogen-bond acceptors (Lipinski definition) is 7. The lowest BCUT2D eigenvalue weighted by Gasteiger charge is -2.00. The monoisotopic (exact) mass is 422 g/mol. The van der Waals surface area contributed by atoms with E-state index in [1.54, 1.807) is 24.4 Å². The highest BCUT2D eigenvalue weighted by molar-refractivity contribution is 7.17. The van der Waals surface area contributed by atoms with Crippen LogP contribution in [0.1, 0.15) is 15.4 Å². The van der Waals surface area contributed by atoms with Gasteiger partial charge in [0.05, 0.1) is 16.3 Å². The molecule has 2 heterocycles. The first-order valence-electron chi connectivity index (χ1n) is 8.56. The van der Waals surface area contributed by atoms with Crippen molar-refractivity contribution in [2.45, 2.75) is 6.92 Å². The number of benzene rings is 2. The minimum absolute atomic E-state index is 0.00480. The Morgan fingerprint density at radius 2 is 1.83 bits per heavy atom. The molecule has 144 valence electrons. The molecular formula is C20H14N4O3S2. The third-order valence-electron chi connectivity index (χ3n) is 4.10. The van der Waals surface area contributed by atoms with E-state index in [1.165, 1.54) is 34.8 Å². The van der Waals surface area contributed by atoms with Crippen molar-refractivity contribution < 1.29 is 9.72 Å². The molecule has 0 bridgehead atoms. The van der Waals surface area contributed by atoms with E-state index in [0.29, 0.717) is 27.0 Å². The lowest BCUT2D eigenvalue weighted by atomic mass is 10.1. The minimum Gasteiger partial charge on any atom is -0.297 e. The largest absolute Gasteiger partial charge is 0.297 e. The zero-order valence-corrected chi connectivity index (χ0v) is 16.8. The summed E-state index contributed by atoms with van der Waals surface area (Å²) in [6.07, 6.45) is 0. The van der Waals surface area contributed by atoms with Gasteiger partial charge in [0.15, 0.2) is 5.13 Å². The van der Waals surface area contributed by atoms with Crippen LogP contribution in [0.25, 0.3) is 21.8 Å². The maximum Gasteiger partial charge on any atom is 0.270 e. The molecule has 0 fully saturated rings. The van der Waals surface area contributed by atoms with Crippen LogP contribution in [-0.2, 0) is 0 Å². The van der Waals surface area contributed by atoms with Crippen molar-refractivity contribution in [3.8, 4) is 21.8 Å². The van der Waals surface area contributed by atoms with Crippen molar-refractivity contribution in [3.05, 3.63) is 80.7 Å². The van der Waals surface area contributed by atoms with E-state index in [1.807, 2.05) is 30.3 Å². The summed E-state index contributed by atoms with van der Waals surface area (Å²) >= 11 is 2.59. The summed E-state index contributed by atoms with van der Waals surface area (Å²) in [6, 6.07) is 15.9. The summed E-state index contributed by atoms with van der Waals surface area (Å²) in [7, 11) is 0. The molecule has 0 aliphatic heterocycles. The maximum atomic E-state index is 12.7. The Morgan fingerprint density at radius 1 is 1.07 bits per heavy atom. The van der Waals surface area contributed by atoms with E-state index in [2.05, 4.69) is 15.3 Å². The van der Waals surface area contributed by atoms with E-state index in [0.717, 1.165) is 10.6 Å². The fourth-order valence-corrected chi connectivity index (χ4v) is 4.39. The average Bonchev–Trinajstić information content (AvgIpc) is 3.35. The summed E-state index contributed by atoms with van der Waals surface area (Å²) in [4.78, 5) is 32.6. The van der Waals surface area contributed by atoms with E-state index in [-0.39, 0.29) is 11.6 Å². The number of rotatable bonds is 5. The van der Waals surface area contributed by atoms with E-state index < -0.39 is 4.92 Å². The molecule has 2 aromatic heterocycles. The van der Waals surface area contributed by atoms with Gasteiger partial charge in [-0.05, 0) is 6.92 Å². The zero-order valence-electron chi connectivity index (χ0n) is 15.2. The van der Waals surface area contributed by atoms with Gasteiger partial charge >= 0.3 is 0 Å². The van der Waals surface area contributed by atoms with Crippen molar-refractivity contribution in [1.29, 1.82) is 0 Å². The van der Waals surface area contributed by atoms with Gasteiger partial charge in [-0.25, -0.2) is 9.97 Å². The van der Waals surface area contributed by atoms with Crippen LogP contribution in [0.2, 0.25) is 0 Å². The number of thiazole rings is 2. The van der Waals surface area contributed by atoms with Gasteiger partial charge in [0.25, 0.3) is 11.6 Å². The predicted octanol–water partition coefficient (Wildman–Crippen LogP) is 5.40. The quantitative estimate of drug-likeness (QED) is 0.343. The summed E-state index contributed by atoms with van der Waals surface area (Å²) in [5.74, 6) is -0.276. The van der Waals surface area contributed by atoms with Crippen LogP contribution < -0.4 is 5.32 Å². The van der Waals surface area contributed by atoms with E-state index in [9.17, 15) is 14.9 Å². The van der Waals surface area contributed by atoms with Crippen molar-refractivity contribution in [2.75, 3.05) is 5.32 Å². The predicted molar refractivity (Wildman–Crippen MR) is 114 cm³/mol. The Bertz CT molecular complexity index is 1200. The number of aromatic nitrogens is 2. The highest BCUT2D eigenvalue weighted by atomic mass is 32.1. The Morgan fingerprint density at radius 3 is 2.59 bits per heavy atom. The number of nitro groups is 1. The molecule has 7 nitrogen and oxygen atoms in total. The molecule has 4 rings (SSSR count). The molecule has 1 amide bonds. The molecule has 1 N–H and O–H groups in total. The van der Waals surface area contributed by atoms with Crippen LogP contribution in [0.3, 0.4) is 0 Å². The number of nitro benzene ring substituents is 1. The van der Waals surface area contributed by atoms with Crippen LogP contribution in [0.4, 0.5) is 10.8 Å². The maximum absolute atomic E-state index is 12.7. The molecule has 0 saturated carbocycles. The molecule has 29 heavy (non-hydrogen) atoms. The van der Waals surface area contributed by atoms with Gasteiger partial charge in [-0.3, -0.25) is 20.2 Å². The number of non-ortho nitro benzene ring substituents is 1. The first kappa shape index (κ1) is 18.9. The number of carbonyl (C=O) groups is 1. The second-order valence-corrected chi connectivity index (χ2v) is 7.96. The molecule has 0 aliphatic carbocycles. The summed E-state index contributed by atoms with van der Waals surface area (Å²) in [5, 5.41) is 16.7. The highest BCUT2D eigenvalue weighted by Gasteiger charge is 2.18. The van der Waals surface area contributed by atoms with Crippen molar-refractivity contribution in [3.63, 3.8) is 0 Å². The summed E-state index contributed by atoms with van der Waals surface area (Å²) < 4.78 is 0. The number of aryl methyl sites for hydroxylation is 1. The van der Waals surface area contributed by atoms with Crippen LogP contribution in [0.15, 0.2) is 60.0 Å². The topological polar surface area (TPSA) is 98.0 Å². The van der Waals surface area contributed by atoms with Gasteiger partial charge in [-0.15, -0.1) is 22.7 Å². The Balaban J connectivity index is 1.54. The van der Waals surface area contributed by atoms with Gasteiger partial charge < -0.3 is 0 Å². The molecule has 4 aromatic rings. The molecule has 0 unspecified atom stereocenters. The molecular weight excluding hydrogens is 408 g/mol. The molecule has 0 aliphatic rings. The van der Waals surface area contributed by atoms with Crippen LogP contribution in [-0.4, -0.2) is 20.8 Å². The third-order valence-corrected chi connectivity index (χ3v) is 6.06. The molecule has 0 saturated heterocycles. The molecule has 0 radical (unpaired) electrons. The minimum atomic E-state index is -0.449. The Hall–Kier alpha value is -3.43. The average molecular weight is 422 g/mol. The van der Waals surface area contributed by atoms with Gasteiger partial charge in [0, 0.05) is 28.6 Å². The van der Waals surface area contributed by atoms with Crippen LogP contribution in [0, 0.1) is 17.0 Å². The van der Waals surface area contributed by atoms with Crippen LogP contribution in [0.5, 0.6) is 0 Å². The Labute approximate surface area is 173 Å². The van der Waals surface area contributed by atoms with Crippen molar-refractivity contribution >= 4 is 39.4 Å². The molecule has 2 aromatic carbocycles. The number of hydrogen-bond donors (Lipinski definition) is 1. The highest BCUT2D eigenvalue weighted by Crippen LogP contribution is 2.30. The van der Waals surface area contributed by atoms with Gasteiger partial charge in [0.1, 0.15) is 9.88 Å². The summed E-state index contributed by atoms with van der Waals surface area (Å²) in [6.45, 7) is 1.80. The van der Waals surface area contributed by atoms with Crippen molar-refractivity contribution in [1.82, 2.24) is 9.97 Å². The van der Waals surface area contributed by atoms with E-state index >= 15 is 0 Å². The molecule has 9 heteroatoms. The lowest BCUT2D eigenvalue weighted by Crippen LogP contribution is -2.11. The second kappa shape index (κ2) is 7.90. The van der Waals surface area contributed by atoms with Crippen molar-refractivity contribution in [2.24, 2.45) is 0 Å². The number of nitrogens with zero attached hydrogens (tertiary/aromatic N) is 3. The SMILES string of the molecule is Cc1nc(-c2ccccc2)sc1C(=O)Nc1nc(-c2cccc([N+](=O)[O-])c2)cs1. The van der Waals surface area contributed by atoms with Crippen LogP contribution >= 0.6 is 22.7 Å². The zero-order chi connectivity index (χ0) is 20.4. The first-order valence-corrected chi connectivity index (χ1v) is 10.3. The fraction of sp³-hybridized carbons (Fsp3) is 0.0500. The lowest BCUT2D eigenvalue weighted by molar-refractivity contribution is -0.384. The number of carbonyl (C=O) groups excluding carboxylic acids is 1. The third kappa shape index (κ3) is 4.05. The molecule has 0 spiro atoms. The van der Waals surface area contributed by atoms with E-state index in [4.69, 9.17) is 0 Å². The number of nitrogens with one attached hydrogen (secondary N) is 1. The number of amides is 1. The first-order chi connectivity index (χ1) is 14.0. The summed E-state index contributed by atoms with van der Waals surface area (Å²) in [5.41, 5.74) is 2.80. The standard InChI is InChI=1S/C20H14N4O3S2/c1-12-17(29-19(21-12)13-6-3-2-4-7-13)18(25)23-20-22-16(11-28-20)14-8-5-9-15(10-14)24(26)27/h2-11H,1H3,(H,22,23,25). The number of anilines is 1. The van der Waals surface area contributed by atoms with Gasteiger partial charge in [0.2, 0.25) is 0 Å². The normalized spacial score (nSPS) is 10.7. The Kier molecular flexibility index (Phi) is 5.15.